The van der Waals surface area contributed by atoms with E-state index in [9.17, 15) is 14.4 Å². The first-order valence-electron chi connectivity index (χ1n) is 25.9. The highest BCUT2D eigenvalue weighted by Crippen LogP contribution is 2.15. The van der Waals surface area contributed by atoms with Crippen LogP contribution in [0.2, 0.25) is 0 Å². The number of esters is 2. The maximum atomic E-state index is 13.5. The minimum Gasteiger partial charge on any atom is -0.466 e. The number of allylic oxidation sites excluding steroid dienone is 8. The summed E-state index contributed by atoms with van der Waals surface area (Å²) < 4.78 is 17.3. The highest BCUT2D eigenvalue weighted by Gasteiger charge is 2.21. The summed E-state index contributed by atoms with van der Waals surface area (Å²) in [5.74, 6) is -0.309. The van der Waals surface area contributed by atoms with Gasteiger partial charge in [0.15, 0.2) is 0 Å². The number of carbonyl (C=O) groups is 3. The third kappa shape index (κ3) is 45.5. The summed E-state index contributed by atoms with van der Waals surface area (Å²) in [7, 11) is 8.16. The van der Waals surface area contributed by atoms with Crippen LogP contribution in [0.25, 0.3) is 0 Å². The summed E-state index contributed by atoms with van der Waals surface area (Å²) in [6.07, 6.45) is 47.9. The van der Waals surface area contributed by atoms with Crippen molar-refractivity contribution < 1.29 is 28.6 Å². The molecule has 63 heavy (non-hydrogen) atoms. The maximum absolute atomic E-state index is 13.5. The molecule has 0 aromatic carbocycles. The third-order valence-electron chi connectivity index (χ3n) is 11.1. The Morgan fingerprint density at radius 2 is 0.794 bits per heavy atom. The van der Waals surface area contributed by atoms with Crippen molar-refractivity contribution in [2.75, 3.05) is 67.6 Å². The molecular formula is C54H99N3O6. The molecule has 0 saturated carbocycles. The van der Waals surface area contributed by atoms with Crippen LogP contribution in [-0.4, -0.2) is 106 Å². The minimum atomic E-state index is -0.344. The Balaban J connectivity index is 4.62. The average molecular weight is 886 g/mol. The van der Waals surface area contributed by atoms with Crippen LogP contribution in [0.1, 0.15) is 206 Å². The van der Waals surface area contributed by atoms with Crippen molar-refractivity contribution in [1.82, 2.24) is 14.7 Å². The number of nitrogens with zero attached hydrogens (tertiary/aromatic N) is 3. The van der Waals surface area contributed by atoms with Crippen molar-refractivity contribution in [3.8, 4) is 0 Å². The molecule has 366 valence electrons. The Bertz CT molecular complexity index is 1090. The van der Waals surface area contributed by atoms with Gasteiger partial charge in [-0.25, -0.2) is 4.79 Å². The van der Waals surface area contributed by atoms with Gasteiger partial charge in [0.05, 0.1) is 13.2 Å². The average Bonchev–Trinajstić information content (AvgIpc) is 3.25. The molecule has 0 radical (unpaired) electrons. The summed E-state index contributed by atoms with van der Waals surface area (Å²) in [4.78, 5) is 44.6. The molecule has 0 atom stereocenters. The summed E-state index contributed by atoms with van der Waals surface area (Å²) in [6, 6.07) is 0. The second kappa shape index (κ2) is 47.1. The highest BCUT2D eigenvalue weighted by atomic mass is 16.6. The lowest BCUT2D eigenvalue weighted by Gasteiger charge is -2.27. The Labute approximate surface area is 388 Å². The number of ether oxygens (including phenoxy) is 3. The van der Waals surface area contributed by atoms with Gasteiger partial charge in [0.1, 0.15) is 6.10 Å². The number of amides is 1. The van der Waals surface area contributed by atoms with Gasteiger partial charge in [0.2, 0.25) is 0 Å². The van der Waals surface area contributed by atoms with Gasteiger partial charge in [-0.2, -0.15) is 0 Å². The Kier molecular flexibility index (Phi) is 44.9. The molecule has 0 fully saturated rings. The molecule has 0 heterocycles. The molecule has 0 aromatic rings. The van der Waals surface area contributed by atoms with E-state index in [4.69, 9.17) is 14.2 Å². The molecule has 0 bridgehead atoms. The zero-order valence-corrected chi connectivity index (χ0v) is 41.9. The van der Waals surface area contributed by atoms with Gasteiger partial charge < -0.3 is 28.9 Å². The Morgan fingerprint density at radius 3 is 1.17 bits per heavy atom. The van der Waals surface area contributed by atoms with E-state index in [1.54, 1.807) is 0 Å². The second-order valence-electron chi connectivity index (χ2n) is 18.0. The van der Waals surface area contributed by atoms with Crippen LogP contribution in [0.4, 0.5) is 4.79 Å². The fourth-order valence-corrected chi connectivity index (χ4v) is 7.23. The number of carbonyl (C=O) groups excluding carboxylic acids is 3. The maximum Gasteiger partial charge on any atom is 0.410 e. The van der Waals surface area contributed by atoms with Gasteiger partial charge in [0, 0.05) is 25.9 Å². The first kappa shape index (κ1) is 60.1. The van der Waals surface area contributed by atoms with Crippen molar-refractivity contribution in [2.45, 2.75) is 213 Å². The molecular weight excluding hydrogens is 787 g/mol. The van der Waals surface area contributed by atoms with Crippen LogP contribution in [-0.2, 0) is 23.8 Å². The molecule has 0 aromatic heterocycles. The first-order chi connectivity index (χ1) is 30.7. The monoisotopic (exact) mass is 886 g/mol. The lowest BCUT2D eigenvalue weighted by molar-refractivity contribution is -0.144. The van der Waals surface area contributed by atoms with Crippen LogP contribution in [0.5, 0.6) is 0 Å². The minimum absolute atomic E-state index is 0.154. The van der Waals surface area contributed by atoms with Gasteiger partial charge in [-0.15, -0.1) is 0 Å². The molecule has 0 saturated heterocycles. The van der Waals surface area contributed by atoms with Gasteiger partial charge >= 0.3 is 18.0 Å². The quantitative estimate of drug-likeness (QED) is 0.0259. The topological polar surface area (TPSA) is 88.6 Å². The zero-order chi connectivity index (χ0) is 46.3. The van der Waals surface area contributed by atoms with Crippen LogP contribution in [0, 0.1) is 0 Å². The van der Waals surface area contributed by atoms with E-state index in [1.165, 1.54) is 77.0 Å². The van der Waals surface area contributed by atoms with E-state index in [1.807, 2.05) is 33.1 Å². The molecule has 1 amide bonds. The first-order valence-corrected chi connectivity index (χ1v) is 25.9. The highest BCUT2D eigenvalue weighted by molar-refractivity contribution is 5.69. The van der Waals surface area contributed by atoms with Crippen LogP contribution < -0.4 is 0 Å². The fourth-order valence-electron chi connectivity index (χ4n) is 7.23. The molecule has 0 aliphatic rings. The number of hydrogen-bond acceptors (Lipinski definition) is 8. The van der Waals surface area contributed by atoms with Crippen molar-refractivity contribution in [1.29, 1.82) is 0 Å². The van der Waals surface area contributed by atoms with Gasteiger partial charge in [-0.1, -0.05) is 127 Å². The number of unbranched alkanes of at least 4 members (excludes halogenated alkanes) is 16. The SMILES string of the molecule is CCCCC/C=C\C/C=C\CCCCCCCC(=O)OCCCC(CCCOC(=O)CCCCCCC/C=C\C/C=C\CCCCC)OC(=O)N(CCCN(C)C)CCCN(C)C. The van der Waals surface area contributed by atoms with E-state index < -0.39 is 0 Å². The van der Waals surface area contributed by atoms with Crippen molar-refractivity contribution in [2.24, 2.45) is 0 Å². The Hall–Kier alpha value is -2.91. The van der Waals surface area contributed by atoms with Crippen LogP contribution in [0.3, 0.4) is 0 Å². The van der Waals surface area contributed by atoms with Crippen LogP contribution >= 0.6 is 0 Å². The second-order valence-corrected chi connectivity index (χ2v) is 18.0. The summed E-state index contributed by atoms with van der Waals surface area (Å²) in [6.45, 7) is 8.15. The molecule has 0 N–H and O–H groups in total. The van der Waals surface area contributed by atoms with Gasteiger partial charge in [-0.05, 0) is 157 Å². The molecule has 0 aliphatic heterocycles. The normalized spacial score (nSPS) is 12.1. The molecule has 9 heteroatoms. The zero-order valence-electron chi connectivity index (χ0n) is 41.9. The molecule has 0 spiro atoms. The number of hydrogen-bond donors (Lipinski definition) is 0. The summed E-state index contributed by atoms with van der Waals surface area (Å²) in [5, 5.41) is 0. The smallest absolute Gasteiger partial charge is 0.410 e. The predicted octanol–water partition coefficient (Wildman–Crippen LogP) is 14.0. The fraction of sp³-hybridized carbons (Fsp3) is 0.796. The molecule has 0 aliphatic carbocycles. The van der Waals surface area contributed by atoms with Gasteiger partial charge in [-0.3, -0.25) is 9.59 Å². The standard InChI is InChI=1S/C54H99N3O6/c1-7-9-11-13-15-17-19-21-23-25-27-29-31-33-35-43-52(58)61-49-37-41-51(63-54(60)57(47-39-45-55(3)4)48-40-46-56(5)6)42-38-50-62-53(59)44-36-34-32-30-28-26-24-22-20-18-16-14-12-10-8-2/h15-18,21-24,51H,7-14,19-20,25-50H2,1-6H3/b17-15-,18-16-,23-21-,24-22-. The van der Waals surface area contributed by atoms with Crippen molar-refractivity contribution in [3.63, 3.8) is 0 Å². The number of rotatable bonds is 45. The molecule has 9 nitrogen and oxygen atoms in total. The van der Waals surface area contributed by atoms with Gasteiger partial charge in [0.25, 0.3) is 0 Å². The van der Waals surface area contributed by atoms with Crippen molar-refractivity contribution >= 4 is 18.0 Å². The van der Waals surface area contributed by atoms with E-state index in [2.05, 4.69) is 72.3 Å². The Morgan fingerprint density at radius 1 is 0.429 bits per heavy atom. The largest absolute Gasteiger partial charge is 0.466 e. The van der Waals surface area contributed by atoms with Crippen LogP contribution in [0.15, 0.2) is 48.6 Å². The predicted molar refractivity (Wildman–Crippen MR) is 267 cm³/mol. The van der Waals surface area contributed by atoms with E-state index >= 15 is 0 Å². The lowest BCUT2D eigenvalue weighted by Crippen LogP contribution is -2.38. The molecule has 0 rings (SSSR count). The summed E-state index contributed by atoms with van der Waals surface area (Å²) >= 11 is 0. The van der Waals surface area contributed by atoms with E-state index in [0.717, 1.165) is 90.1 Å². The third-order valence-corrected chi connectivity index (χ3v) is 11.1. The summed E-state index contributed by atoms with van der Waals surface area (Å²) in [5.41, 5.74) is 0. The van der Waals surface area contributed by atoms with E-state index in [-0.39, 0.29) is 24.1 Å². The van der Waals surface area contributed by atoms with Crippen molar-refractivity contribution in [3.05, 3.63) is 48.6 Å². The lowest BCUT2D eigenvalue weighted by atomic mass is 10.1. The molecule has 0 unspecified atom stereocenters. The van der Waals surface area contributed by atoms with E-state index in [0.29, 0.717) is 64.8 Å².